The Balaban J connectivity index is 1.65. The van der Waals surface area contributed by atoms with E-state index in [1.807, 2.05) is 54.8 Å². The number of aryl methyl sites for hydroxylation is 1. The van der Waals surface area contributed by atoms with Gasteiger partial charge in [0.15, 0.2) is 6.61 Å². The Morgan fingerprint density at radius 3 is 2.83 bits per heavy atom. The average molecular weight is 341 g/mol. The van der Waals surface area contributed by atoms with Gasteiger partial charge in [0.25, 0.3) is 5.91 Å². The summed E-state index contributed by atoms with van der Waals surface area (Å²) in [4.78, 5) is 15.6. The van der Waals surface area contributed by atoms with E-state index >= 15 is 0 Å². The lowest BCUT2D eigenvalue weighted by molar-refractivity contribution is -0.134. The molecule has 2 heterocycles. The minimum atomic E-state index is -0.0499. The van der Waals surface area contributed by atoms with Crippen molar-refractivity contribution in [3.05, 3.63) is 76.4 Å². The summed E-state index contributed by atoms with van der Waals surface area (Å²) in [6.45, 7) is 3.09. The Kier molecular flexibility index (Phi) is 5.33. The number of thiophene rings is 1. The van der Waals surface area contributed by atoms with E-state index in [0.717, 1.165) is 16.0 Å². The summed E-state index contributed by atoms with van der Waals surface area (Å²) in [5, 5.41) is 2.01. The van der Waals surface area contributed by atoms with Crippen LogP contribution in [0.1, 0.15) is 16.0 Å². The van der Waals surface area contributed by atoms with Gasteiger partial charge in [0.1, 0.15) is 5.75 Å². The van der Waals surface area contributed by atoms with E-state index in [1.165, 1.54) is 0 Å². The molecule has 3 rings (SSSR count). The second-order valence-corrected chi connectivity index (χ2v) is 6.60. The standard InChI is InChI=1S/C19H19NO3S/c1-15-4-2-5-17(10-15)23-14-19(21)20(11-16-7-8-22-13-16)12-18-6-3-9-24-18/h2-10,13H,11-12,14H2,1H3. The van der Waals surface area contributed by atoms with Crippen molar-refractivity contribution in [1.29, 1.82) is 0 Å². The molecule has 0 N–H and O–H groups in total. The van der Waals surface area contributed by atoms with Crippen LogP contribution in [0.3, 0.4) is 0 Å². The predicted octanol–water partition coefficient (Wildman–Crippen LogP) is 4.26. The molecule has 0 bridgehead atoms. The summed E-state index contributed by atoms with van der Waals surface area (Å²) in [7, 11) is 0. The lowest BCUT2D eigenvalue weighted by atomic mass is 10.2. The molecule has 2 aromatic heterocycles. The van der Waals surface area contributed by atoms with Gasteiger partial charge in [0.05, 0.1) is 19.1 Å². The number of nitrogens with zero attached hydrogens (tertiary/aromatic N) is 1. The first-order chi connectivity index (χ1) is 11.7. The smallest absolute Gasteiger partial charge is 0.261 e. The Bertz CT molecular complexity index is 730. The fourth-order valence-electron chi connectivity index (χ4n) is 2.37. The molecular formula is C19H19NO3S. The third kappa shape index (κ3) is 4.49. The van der Waals surface area contributed by atoms with Crippen LogP contribution in [0.4, 0.5) is 0 Å². The van der Waals surface area contributed by atoms with Gasteiger partial charge >= 0.3 is 0 Å². The van der Waals surface area contributed by atoms with Gasteiger partial charge in [-0.25, -0.2) is 0 Å². The maximum absolute atomic E-state index is 12.6. The highest BCUT2D eigenvalue weighted by molar-refractivity contribution is 7.09. The number of rotatable bonds is 7. The lowest BCUT2D eigenvalue weighted by Gasteiger charge is -2.21. The van der Waals surface area contributed by atoms with Crippen LogP contribution in [0, 0.1) is 6.92 Å². The minimum Gasteiger partial charge on any atom is -0.484 e. The van der Waals surface area contributed by atoms with Crippen LogP contribution in [0.25, 0.3) is 0 Å². The number of carbonyl (C=O) groups excluding carboxylic acids is 1. The first kappa shape index (κ1) is 16.3. The molecule has 24 heavy (non-hydrogen) atoms. The summed E-state index contributed by atoms with van der Waals surface area (Å²) in [5.41, 5.74) is 2.07. The number of benzene rings is 1. The van der Waals surface area contributed by atoms with Gasteiger partial charge in [-0.15, -0.1) is 11.3 Å². The largest absolute Gasteiger partial charge is 0.484 e. The molecule has 0 radical (unpaired) electrons. The van der Waals surface area contributed by atoms with Crippen molar-refractivity contribution in [1.82, 2.24) is 4.90 Å². The molecule has 0 aliphatic carbocycles. The molecular weight excluding hydrogens is 322 g/mol. The van der Waals surface area contributed by atoms with E-state index in [-0.39, 0.29) is 12.5 Å². The fourth-order valence-corrected chi connectivity index (χ4v) is 3.09. The number of hydrogen-bond donors (Lipinski definition) is 0. The molecule has 0 unspecified atom stereocenters. The topological polar surface area (TPSA) is 42.7 Å². The van der Waals surface area contributed by atoms with Gasteiger partial charge in [-0.1, -0.05) is 18.2 Å². The van der Waals surface area contributed by atoms with Crippen molar-refractivity contribution in [2.24, 2.45) is 0 Å². The molecule has 0 saturated carbocycles. The molecule has 0 spiro atoms. The van der Waals surface area contributed by atoms with Crippen molar-refractivity contribution in [2.75, 3.05) is 6.61 Å². The Labute approximate surface area is 145 Å². The number of hydrogen-bond acceptors (Lipinski definition) is 4. The molecule has 3 aromatic rings. The van der Waals surface area contributed by atoms with Crippen LogP contribution in [0.15, 0.2) is 64.8 Å². The number of ether oxygens (including phenoxy) is 1. The SMILES string of the molecule is Cc1cccc(OCC(=O)N(Cc2ccoc2)Cc2cccs2)c1. The van der Waals surface area contributed by atoms with E-state index < -0.39 is 0 Å². The van der Waals surface area contributed by atoms with Gasteiger partial charge in [-0.2, -0.15) is 0 Å². The van der Waals surface area contributed by atoms with E-state index in [2.05, 4.69) is 0 Å². The molecule has 4 nitrogen and oxygen atoms in total. The summed E-state index contributed by atoms with van der Waals surface area (Å²) in [6, 6.07) is 13.6. The molecule has 0 aliphatic rings. The van der Waals surface area contributed by atoms with Gasteiger partial charge < -0.3 is 14.1 Å². The molecule has 0 aliphatic heterocycles. The van der Waals surface area contributed by atoms with E-state index in [1.54, 1.807) is 28.8 Å². The maximum Gasteiger partial charge on any atom is 0.261 e. The zero-order chi connectivity index (χ0) is 16.8. The highest BCUT2D eigenvalue weighted by Gasteiger charge is 2.16. The second kappa shape index (κ2) is 7.84. The molecule has 0 atom stereocenters. The number of amides is 1. The number of carbonyl (C=O) groups is 1. The predicted molar refractivity (Wildman–Crippen MR) is 94.0 cm³/mol. The van der Waals surface area contributed by atoms with Crippen LogP contribution >= 0.6 is 11.3 Å². The quantitative estimate of drug-likeness (QED) is 0.645. The summed E-state index contributed by atoms with van der Waals surface area (Å²) >= 11 is 1.64. The first-order valence-electron chi connectivity index (χ1n) is 7.71. The zero-order valence-corrected chi connectivity index (χ0v) is 14.3. The molecule has 0 fully saturated rings. The number of furan rings is 1. The van der Waals surface area contributed by atoms with Crippen molar-refractivity contribution < 1.29 is 13.9 Å². The van der Waals surface area contributed by atoms with Crippen molar-refractivity contribution in [3.63, 3.8) is 0 Å². The van der Waals surface area contributed by atoms with Gasteiger partial charge in [-0.3, -0.25) is 4.79 Å². The molecule has 1 aromatic carbocycles. The summed E-state index contributed by atoms with van der Waals surface area (Å²) < 4.78 is 10.8. The van der Waals surface area contributed by atoms with Crippen LogP contribution in [-0.4, -0.2) is 17.4 Å². The van der Waals surface area contributed by atoms with Crippen molar-refractivity contribution >= 4 is 17.2 Å². The second-order valence-electron chi connectivity index (χ2n) is 5.57. The van der Waals surface area contributed by atoms with Crippen LogP contribution in [0.2, 0.25) is 0 Å². The monoisotopic (exact) mass is 341 g/mol. The van der Waals surface area contributed by atoms with Crippen LogP contribution in [-0.2, 0) is 17.9 Å². The van der Waals surface area contributed by atoms with Crippen molar-refractivity contribution in [2.45, 2.75) is 20.0 Å². The van der Waals surface area contributed by atoms with E-state index in [4.69, 9.17) is 9.15 Å². The van der Waals surface area contributed by atoms with Gasteiger partial charge in [0.2, 0.25) is 0 Å². The highest BCUT2D eigenvalue weighted by atomic mass is 32.1. The average Bonchev–Trinajstić information content (AvgIpc) is 3.26. The fraction of sp³-hybridized carbons (Fsp3) is 0.211. The lowest BCUT2D eigenvalue weighted by Crippen LogP contribution is -2.33. The van der Waals surface area contributed by atoms with Crippen LogP contribution in [0.5, 0.6) is 5.75 Å². The molecule has 124 valence electrons. The molecule has 1 amide bonds. The van der Waals surface area contributed by atoms with Crippen LogP contribution < -0.4 is 4.74 Å². The minimum absolute atomic E-state index is 0.0205. The maximum atomic E-state index is 12.6. The molecule has 0 saturated heterocycles. The Morgan fingerprint density at radius 2 is 2.12 bits per heavy atom. The van der Waals surface area contributed by atoms with Gasteiger partial charge in [-0.05, 0) is 42.1 Å². The highest BCUT2D eigenvalue weighted by Crippen LogP contribution is 2.16. The first-order valence-corrected chi connectivity index (χ1v) is 8.59. The van der Waals surface area contributed by atoms with E-state index in [0.29, 0.717) is 18.8 Å². The Hall–Kier alpha value is -2.53. The molecule has 5 heteroatoms. The van der Waals surface area contributed by atoms with Crippen molar-refractivity contribution in [3.8, 4) is 5.75 Å². The Morgan fingerprint density at radius 1 is 1.21 bits per heavy atom. The third-order valence-electron chi connectivity index (χ3n) is 3.58. The normalized spacial score (nSPS) is 10.5. The summed E-state index contributed by atoms with van der Waals surface area (Å²) in [5.74, 6) is 0.661. The van der Waals surface area contributed by atoms with E-state index in [9.17, 15) is 4.79 Å². The van der Waals surface area contributed by atoms with Gasteiger partial charge in [0, 0.05) is 17.0 Å². The summed E-state index contributed by atoms with van der Waals surface area (Å²) in [6.07, 6.45) is 3.28. The third-order valence-corrected chi connectivity index (χ3v) is 4.45. The zero-order valence-electron chi connectivity index (χ0n) is 13.5.